The third kappa shape index (κ3) is 29.6. The summed E-state index contributed by atoms with van der Waals surface area (Å²) in [4.78, 5) is 56.2. The molecule has 0 saturated carbocycles. The number of hydrogen-bond acceptors (Lipinski definition) is 13. The van der Waals surface area contributed by atoms with Crippen LogP contribution in [0.2, 0.25) is 0 Å². The van der Waals surface area contributed by atoms with E-state index < -0.39 is 0 Å². The number of hydrogen-bond donors (Lipinski definition) is 3. The molecule has 5 heterocycles. The van der Waals surface area contributed by atoms with E-state index in [-0.39, 0.29) is 147 Å². The number of pyridine rings is 3. The van der Waals surface area contributed by atoms with Gasteiger partial charge in [0.2, 0.25) is 0 Å². The standard InChI is InChI=1S/C29H19N2.C17H14N.C16H10N3.C16H12N.C15H10N.C9H16O2.2C5H8O2.5Ir/c1-19-18-30-28-24-14-12-22(20-8-4-2-5-9-20)16-26(24)27-17-23(21-10-6-3-7-11-21)13-15-25(27)29(28)31-19;1-12-9-13(2)11-15(10-12)17-8-7-14-5-3-4-6-16(14)18-17;1-2-8-13-12(6-1)7-5-11-16(13)19-17-14-9-3-4-10-15(14)18-19;1-12-11-14-9-5-6-10-15(14)17-16(12)13-7-3-2-4-8-13;1-2-7-13(8-3-1)15-14-9-5-4-6-12(14)10-11-16-15;1-6(2)8(10)5-9(11)7(3)4;2*1-4(6)3-5(2)7;;;;;/h2-13,15-18H,1H3;3-10H,1-2H3;1-10H;2-7,9-11H,1H3;1-7,9-11H;5-7,10H,1-4H3;2*3,6H,1-2H3;;;;;/q5*-1;;;;;;;;. The summed E-state index contributed by atoms with van der Waals surface area (Å²) in [7, 11) is 0. The molecule has 0 saturated heterocycles. The monoisotopic (exact) mass is 2610 g/mol. The maximum atomic E-state index is 11.0. The molecule has 0 aliphatic heterocycles. The predicted molar refractivity (Wildman–Crippen MR) is 516 cm³/mol. The number of aliphatic hydroxyl groups excluding tert-OH is 3. The van der Waals surface area contributed by atoms with Gasteiger partial charge in [0.25, 0.3) is 0 Å². The van der Waals surface area contributed by atoms with Crippen LogP contribution in [-0.4, -0.2) is 72.6 Å². The van der Waals surface area contributed by atoms with Crippen molar-refractivity contribution in [1.29, 1.82) is 0 Å². The van der Waals surface area contributed by atoms with E-state index in [9.17, 15) is 19.5 Å². The Morgan fingerprint density at radius 3 is 1.46 bits per heavy atom. The number of para-hydroxylation sites is 2. The SMILES string of the molecule is CC(=O)C=C(C)O.CC(=O)C=C(C)O.CC(C)C(=O)C=C(O)C(C)C.Cc1[c-]c(-c2ccc3ccccc3n2)cc(C)c1.Cc1cc2ccccc2nc1-c1[c-]cccc1.Cc1cnc2c3[c-]cc(-c4ccccc4)cc3c3cc(-c4ccccc4)ccc3c2n1.[Ir].[Ir].[Ir].[Ir].[Ir].[c-]1ccc2ccccc2c1-n1nc2ccccc2n1.[c-]1ccccc1-c1nccc2ccccc12. The summed E-state index contributed by atoms with van der Waals surface area (Å²) in [6.45, 7) is 21.3. The number of allylic oxidation sites excluding steroid dienone is 6. The normalized spacial score (nSPS) is 10.7. The van der Waals surface area contributed by atoms with Gasteiger partial charge in [-0.2, -0.15) is 33.2 Å². The number of fused-ring (bicyclic) bond motifs is 11. The Balaban J connectivity index is 0.000000212. The largest absolute Gasteiger partial charge is 0.512 e. The smallest absolute Gasteiger partial charge is 0.161 e. The molecule has 19 aromatic rings. The fourth-order valence-corrected chi connectivity index (χ4v) is 13.8. The van der Waals surface area contributed by atoms with Gasteiger partial charge < -0.3 is 25.3 Å². The van der Waals surface area contributed by atoms with Crippen LogP contribution in [0.3, 0.4) is 0 Å². The summed E-state index contributed by atoms with van der Waals surface area (Å²) in [6, 6.07) is 122. The van der Waals surface area contributed by atoms with Crippen LogP contribution < -0.4 is 0 Å². The van der Waals surface area contributed by atoms with Crippen molar-refractivity contribution in [2.75, 3.05) is 0 Å². The molecule has 0 aliphatic carbocycles. The summed E-state index contributed by atoms with van der Waals surface area (Å²) < 4.78 is 0. The number of nitrogens with zero attached hydrogens (tertiary/aromatic N) is 8. The van der Waals surface area contributed by atoms with Crippen LogP contribution >= 0.6 is 0 Å². The topological polar surface area (TPSA) is 207 Å². The van der Waals surface area contributed by atoms with E-state index in [1.807, 2.05) is 211 Å². The number of aliphatic hydroxyl groups is 3. The van der Waals surface area contributed by atoms with Gasteiger partial charge in [-0.3, -0.25) is 29.3 Å². The molecule has 0 unspecified atom stereocenters. The van der Waals surface area contributed by atoms with E-state index in [4.69, 9.17) is 30.1 Å². The Hall–Kier alpha value is -12.3. The van der Waals surface area contributed by atoms with Crippen LogP contribution in [0.4, 0.5) is 0 Å². The molecule has 671 valence electrons. The number of aromatic nitrogens is 8. The van der Waals surface area contributed by atoms with Crippen LogP contribution in [0.15, 0.2) is 357 Å². The summed E-state index contributed by atoms with van der Waals surface area (Å²) in [6.07, 6.45) is 7.33. The Kier molecular flexibility index (Phi) is 41.9. The first kappa shape index (κ1) is 106. The van der Waals surface area contributed by atoms with Crippen LogP contribution in [0.1, 0.15) is 77.8 Å². The predicted octanol–water partition coefficient (Wildman–Crippen LogP) is 27.2. The Labute approximate surface area is 833 Å². The van der Waals surface area contributed by atoms with Gasteiger partial charge in [0.15, 0.2) is 17.3 Å². The molecule has 5 aromatic heterocycles. The quantitative estimate of drug-likeness (QED) is 0.0477. The minimum absolute atomic E-state index is 0. The van der Waals surface area contributed by atoms with E-state index >= 15 is 0 Å². The summed E-state index contributed by atoms with van der Waals surface area (Å²) in [5.41, 5.74) is 22.0. The van der Waals surface area contributed by atoms with E-state index in [0.717, 1.165) is 116 Å². The molecular weight excluding hydrogens is 2510 g/mol. The third-order valence-electron chi connectivity index (χ3n) is 19.8. The molecule has 14 nitrogen and oxygen atoms in total. The maximum absolute atomic E-state index is 11.0. The third-order valence-corrected chi connectivity index (χ3v) is 19.8. The van der Waals surface area contributed by atoms with Crippen LogP contribution in [0, 0.1) is 69.9 Å². The first-order valence-electron chi connectivity index (χ1n) is 41.5. The first-order valence-corrected chi connectivity index (χ1v) is 41.5. The van der Waals surface area contributed by atoms with Gasteiger partial charge in [-0.1, -0.05) is 257 Å². The number of rotatable bonds is 11. The molecule has 131 heavy (non-hydrogen) atoms. The summed E-state index contributed by atoms with van der Waals surface area (Å²) in [5.74, 6) is 0.0356. The molecular formula is C112H97Ir5N8O6-5. The fourth-order valence-electron chi connectivity index (χ4n) is 13.8. The Bertz CT molecular complexity index is 7040. The van der Waals surface area contributed by atoms with Gasteiger partial charge >= 0.3 is 0 Å². The van der Waals surface area contributed by atoms with E-state index in [1.54, 1.807) is 4.80 Å². The van der Waals surface area contributed by atoms with Crippen LogP contribution in [0.5, 0.6) is 0 Å². The summed E-state index contributed by atoms with van der Waals surface area (Å²) >= 11 is 0. The van der Waals surface area contributed by atoms with Crippen molar-refractivity contribution in [3.63, 3.8) is 0 Å². The second-order valence-electron chi connectivity index (χ2n) is 30.8. The molecule has 14 aromatic carbocycles. The Morgan fingerprint density at radius 1 is 0.382 bits per heavy atom. The number of carbonyl (C=O) groups is 3. The molecule has 0 atom stereocenters. The van der Waals surface area contributed by atoms with Crippen molar-refractivity contribution in [3.05, 3.63) is 410 Å². The molecule has 0 spiro atoms. The average molecular weight is 2610 g/mol. The second kappa shape index (κ2) is 51.9. The van der Waals surface area contributed by atoms with Crippen molar-refractivity contribution < 1.29 is 130 Å². The van der Waals surface area contributed by atoms with E-state index in [2.05, 4.69) is 212 Å². The minimum atomic E-state index is -0.125. The zero-order valence-corrected chi connectivity index (χ0v) is 86.3. The molecule has 0 bridgehead atoms. The number of aryl methyl sites for hydroxylation is 4. The number of benzene rings is 14. The first-order chi connectivity index (χ1) is 60.9. The van der Waals surface area contributed by atoms with Gasteiger partial charge in [0, 0.05) is 149 Å². The van der Waals surface area contributed by atoms with Crippen molar-refractivity contribution in [1.82, 2.24) is 39.9 Å². The van der Waals surface area contributed by atoms with Crippen molar-refractivity contribution in [2.45, 2.75) is 83.1 Å². The van der Waals surface area contributed by atoms with E-state index in [0.29, 0.717) is 0 Å². The minimum Gasteiger partial charge on any atom is -0.512 e. The van der Waals surface area contributed by atoms with Crippen molar-refractivity contribution in [3.8, 4) is 61.7 Å². The van der Waals surface area contributed by atoms with Crippen molar-refractivity contribution in [2.24, 2.45) is 11.8 Å². The fraction of sp³-hybridized carbons (Fsp3) is 0.125. The average Bonchev–Trinajstić information content (AvgIpc) is 1.23. The van der Waals surface area contributed by atoms with Gasteiger partial charge in [-0.15, -0.1) is 147 Å². The molecule has 3 N–H and O–H groups in total. The van der Waals surface area contributed by atoms with Gasteiger partial charge in [-0.25, -0.2) is 0 Å². The van der Waals surface area contributed by atoms with Gasteiger partial charge in [-0.05, 0) is 133 Å². The molecule has 19 rings (SSSR count). The number of carbonyl (C=O) groups excluding carboxylic acids is 3. The molecule has 5 radical (unpaired) electrons. The van der Waals surface area contributed by atoms with Crippen molar-refractivity contribution >= 4 is 104 Å². The molecule has 19 heteroatoms. The van der Waals surface area contributed by atoms with Crippen LogP contribution in [-0.2, 0) is 115 Å². The maximum Gasteiger partial charge on any atom is 0.161 e. The molecule has 0 amide bonds. The second-order valence-corrected chi connectivity index (χ2v) is 30.8. The molecule has 0 aliphatic rings. The zero-order valence-electron chi connectivity index (χ0n) is 74.3. The number of ketones is 3. The molecule has 0 fully saturated rings. The zero-order chi connectivity index (χ0) is 89.2. The summed E-state index contributed by atoms with van der Waals surface area (Å²) in [5, 5.41) is 46.4. The van der Waals surface area contributed by atoms with Crippen LogP contribution in [0.25, 0.3) is 149 Å². The van der Waals surface area contributed by atoms with Gasteiger partial charge in [0.05, 0.1) is 39.5 Å². The van der Waals surface area contributed by atoms with E-state index in [1.165, 1.54) is 101 Å². The van der Waals surface area contributed by atoms with Gasteiger partial charge in [0.1, 0.15) is 11.0 Å². The Morgan fingerprint density at radius 2 is 0.901 bits per heavy atom.